The van der Waals surface area contributed by atoms with Crippen molar-refractivity contribution >= 4 is 23.5 Å². The standard InChI is InChI=1S/C28H39N3O7/c1-17-13-21(19-11-10-12-20(14-19)31(35)36)23(24(33)38-27(6,7)8)18(2)30(17)25(34)28(9,16-29)15-22(32)37-26(3,4)5/h10-14,21H,15-16,29H2,1-9H3. The molecule has 1 aliphatic rings. The van der Waals surface area contributed by atoms with Crippen LogP contribution in [0.5, 0.6) is 0 Å². The third-order valence-electron chi connectivity index (χ3n) is 5.98. The molecule has 0 radical (unpaired) electrons. The molecule has 10 heteroatoms. The number of nitro groups is 1. The van der Waals surface area contributed by atoms with Gasteiger partial charge in [0.15, 0.2) is 0 Å². The van der Waals surface area contributed by atoms with Crippen LogP contribution < -0.4 is 5.73 Å². The number of nitro benzene ring substituents is 1. The van der Waals surface area contributed by atoms with Gasteiger partial charge < -0.3 is 15.2 Å². The number of carbonyl (C=O) groups is 3. The molecule has 2 N–H and O–H groups in total. The number of amides is 1. The number of benzene rings is 1. The van der Waals surface area contributed by atoms with Crippen LogP contribution in [0.2, 0.25) is 0 Å². The number of rotatable bonds is 7. The molecule has 2 rings (SSSR count). The van der Waals surface area contributed by atoms with Gasteiger partial charge in [0, 0.05) is 36.0 Å². The van der Waals surface area contributed by atoms with Crippen LogP contribution in [0.15, 0.2) is 47.3 Å². The van der Waals surface area contributed by atoms with Gasteiger partial charge >= 0.3 is 11.9 Å². The van der Waals surface area contributed by atoms with Crippen LogP contribution >= 0.6 is 0 Å². The van der Waals surface area contributed by atoms with Crippen LogP contribution in [0.3, 0.4) is 0 Å². The van der Waals surface area contributed by atoms with Crippen molar-refractivity contribution in [2.24, 2.45) is 11.1 Å². The summed E-state index contributed by atoms with van der Waals surface area (Å²) in [4.78, 5) is 52.3. The number of hydrogen-bond donors (Lipinski definition) is 1. The molecule has 0 aliphatic carbocycles. The SMILES string of the molecule is CC1=CC(c2cccc([N+](=O)[O-])c2)C(C(=O)OC(C)(C)C)=C(C)N1C(=O)C(C)(CN)CC(=O)OC(C)(C)C. The average molecular weight is 530 g/mol. The number of ether oxygens (including phenoxy) is 2. The van der Waals surface area contributed by atoms with Gasteiger partial charge in [-0.15, -0.1) is 0 Å². The van der Waals surface area contributed by atoms with Crippen molar-refractivity contribution in [3.8, 4) is 0 Å². The maximum Gasteiger partial charge on any atom is 0.337 e. The van der Waals surface area contributed by atoms with E-state index < -0.39 is 45.3 Å². The number of hydrogen-bond acceptors (Lipinski definition) is 8. The molecular weight excluding hydrogens is 490 g/mol. The Labute approximate surface area is 224 Å². The molecule has 1 amide bonds. The Morgan fingerprint density at radius 2 is 1.61 bits per heavy atom. The van der Waals surface area contributed by atoms with E-state index in [-0.39, 0.29) is 24.2 Å². The summed E-state index contributed by atoms with van der Waals surface area (Å²) < 4.78 is 11.1. The Hall–Kier alpha value is -3.53. The van der Waals surface area contributed by atoms with E-state index >= 15 is 0 Å². The minimum absolute atomic E-state index is 0.124. The van der Waals surface area contributed by atoms with Gasteiger partial charge in [-0.3, -0.25) is 24.6 Å². The number of allylic oxidation sites excluding steroid dienone is 3. The van der Waals surface area contributed by atoms with E-state index in [1.54, 1.807) is 80.5 Å². The van der Waals surface area contributed by atoms with Crippen molar-refractivity contribution in [2.45, 2.75) is 85.9 Å². The number of non-ortho nitro benzene ring substituents is 1. The Balaban J connectivity index is 2.63. The first kappa shape index (κ1) is 30.7. The number of esters is 2. The maximum atomic E-state index is 13.9. The normalized spacial score (nSPS) is 17.9. The molecule has 208 valence electrons. The summed E-state index contributed by atoms with van der Waals surface area (Å²) in [7, 11) is 0. The predicted octanol–water partition coefficient (Wildman–Crippen LogP) is 4.74. The lowest BCUT2D eigenvalue weighted by Gasteiger charge is -2.39. The van der Waals surface area contributed by atoms with Crippen LogP contribution in [0, 0.1) is 15.5 Å². The van der Waals surface area contributed by atoms with E-state index in [1.807, 2.05) is 0 Å². The lowest BCUT2D eigenvalue weighted by atomic mass is 9.81. The van der Waals surface area contributed by atoms with E-state index in [0.29, 0.717) is 17.0 Å². The Morgan fingerprint density at radius 3 is 2.11 bits per heavy atom. The molecule has 0 fully saturated rings. The minimum atomic E-state index is -1.32. The van der Waals surface area contributed by atoms with E-state index in [2.05, 4.69) is 0 Å². The lowest BCUT2D eigenvalue weighted by molar-refractivity contribution is -0.384. The van der Waals surface area contributed by atoms with Gasteiger partial charge in [0.05, 0.1) is 22.3 Å². The molecule has 0 saturated carbocycles. The summed E-state index contributed by atoms with van der Waals surface area (Å²) in [5, 5.41) is 11.4. The van der Waals surface area contributed by atoms with Gasteiger partial charge in [-0.25, -0.2) is 4.79 Å². The summed E-state index contributed by atoms with van der Waals surface area (Å²) in [6, 6.07) is 5.99. The van der Waals surface area contributed by atoms with Crippen LogP contribution in [0.4, 0.5) is 5.69 Å². The second-order valence-corrected chi connectivity index (χ2v) is 11.8. The summed E-state index contributed by atoms with van der Waals surface area (Å²) in [5.41, 5.74) is 4.45. The summed E-state index contributed by atoms with van der Waals surface area (Å²) in [6.45, 7) is 15.1. The Bertz CT molecular complexity index is 1190. The van der Waals surface area contributed by atoms with Crippen molar-refractivity contribution < 1.29 is 28.8 Å². The highest BCUT2D eigenvalue weighted by atomic mass is 16.6. The van der Waals surface area contributed by atoms with E-state index in [4.69, 9.17) is 15.2 Å². The van der Waals surface area contributed by atoms with E-state index in [9.17, 15) is 24.5 Å². The third kappa shape index (κ3) is 7.28. The van der Waals surface area contributed by atoms with Gasteiger partial charge in [-0.2, -0.15) is 0 Å². The monoisotopic (exact) mass is 529 g/mol. The highest BCUT2D eigenvalue weighted by Gasteiger charge is 2.43. The maximum absolute atomic E-state index is 13.9. The zero-order valence-corrected chi connectivity index (χ0v) is 23.7. The van der Waals surface area contributed by atoms with Crippen molar-refractivity contribution in [3.63, 3.8) is 0 Å². The van der Waals surface area contributed by atoms with Crippen molar-refractivity contribution in [3.05, 3.63) is 63.0 Å². The smallest absolute Gasteiger partial charge is 0.337 e. The first-order valence-corrected chi connectivity index (χ1v) is 12.4. The van der Waals surface area contributed by atoms with Crippen LogP contribution in [-0.2, 0) is 23.9 Å². The quantitative estimate of drug-likeness (QED) is 0.303. The number of carbonyl (C=O) groups excluding carboxylic acids is 3. The highest BCUT2D eigenvalue weighted by molar-refractivity contribution is 5.96. The van der Waals surface area contributed by atoms with Crippen molar-refractivity contribution in [1.82, 2.24) is 4.90 Å². The summed E-state index contributed by atoms with van der Waals surface area (Å²) >= 11 is 0. The van der Waals surface area contributed by atoms with Crippen molar-refractivity contribution in [2.75, 3.05) is 6.54 Å². The second-order valence-electron chi connectivity index (χ2n) is 11.8. The zero-order valence-electron chi connectivity index (χ0n) is 23.7. The molecule has 0 bridgehead atoms. The fourth-order valence-corrected chi connectivity index (χ4v) is 4.23. The predicted molar refractivity (Wildman–Crippen MR) is 143 cm³/mol. The molecule has 0 spiro atoms. The Morgan fingerprint density at radius 1 is 1.03 bits per heavy atom. The van der Waals surface area contributed by atoms with Gasteiger partial charge in [0.1, 0.15) is 11.2 Å². The molecule has 10 nitrogen and oxygen atoms in total. The zero-order chi connectivity index (χ0) is 29.2. The molecule has 1 aromatic rings. The van der Waals surface area contributed by atoms with Gasteiger partial charge in [-0.1, -0.05) is 18.2 Å². The molecule has 2 atom stereocenters. The topological polar surface area (TPSA) is 142 Å². The third-order valence-corrected chi connectivity index (χ3v) is 5.98. The number of nitrogens with two attached hydrogens (primary N) is 1. The molecule has 1 aromatic carbocycles. The van der Waals surface area contributed by atoms with E-state index in [0.717, 1.165) is 0 Å². The first-order valence-electron chi connectivity index (χ1n) is 12.4. The minimum Gasteiger partial charge on any atom is -0.460 e. The average Bonchev–Trinajstić information content (AvgIpc) is 2.75. The largest absolute Gasteiger partial charge is 0.460 e. The summed E-state index contributed by atoms with van der Waals surface area (Å²) in [5.74, 6) is -2.41. The van der Waals surface area contributed by atoms with Gasteiger partial charge in [0.2, 0.25) is 5.91 Å². The second kappa shape index (κ2) is 11.1. The van der Waals surface area contributed by atoms with Gasteiger partial charge in [-0.05, 0) is 67.9 Å². The molecule has 0 saturated heterocycles. The summed E-state index contributed by atoms with van der Waals surface area (Å²) in [6.07, 6.45) is 1.43. The van der Waals surface area contributed by atoms with Gasteiger partial charge in [0.25, 0.3) is 5.69 Å². The fraction of sp³-hybridized carbons (Fsp3) is 0.536. The number of nitrogens with zero attached hydrogens (tertiary/aromatic N) is 2. The van der Waals surface area contributed by atoms with Crippen molar-refractivity contribution in [1.29, 1.82) is 0 Å². The molecule has 38 heavy (non-hydrogen) atoms. The Kier molecular flexibility index (Phi) is 8.94. The van der Waals surface area contributed by atoms with Crippen LogP contribution in [-0.4, -0.2) is 45.4 Å². The molecule has 1 aliphatic heterocycles. The molecule has 0 aromatic heterocycles. The van der Waals surface area contributed by atoms with Crippen LogP contribution in [0.25, 0.3) is 0 Å². The molecule has 2 unspecified atom stereocenters. The highest BCUT2D eigenvalue weighted by Crippen LogP contribution is 2.41. The lowest BCUT2D eigenvalue weighted by Crippen LogP contribution is -2.48. The first-order chi connectivity index (χ1) is 17.3. The molecule has 1 heterocycles. The van der Waals surface area contributed by atoms with E-state index in [1.165, 1.54) is 17.0 Å². The molecular formula is C28H39N3O7. The van der Waals surface area contributed by atoms with Crippen LogP contribution in [0.1, 0.15) is 80.2 Å². The fourth-order valence-electron chi connectivity index (χ4n) is 4.23.